The Labute approximate surface area is 117 Å². The quantitative estimate of drug-likeness (QED) is 0.686. The van der Waals surface area contributed by atoms with E-state index in [1.54, 1.807) is 11.6 Å². The van der Waals surface area contributed by atoms with Crippen molar-refractivity contribution in [3.8, 4) is 0 Å². The van der Waals surface area contributed by atoms with Crippen LogP contribution in [-0.2, 0) is 22.6 Å². The Morgan fingerprint density at radius 2 is 2.15 bits per heavy atom. The zero-order valence-corrected chi connectivity index (χ0v) is 11.7. The third-order valence-corrected chi connectivity index (χ3v) is 3.23. The lowest BCUT2D eigenvalue weighted by atomic mass is 10.3. The molecule has 0 aliphatic carbocycles. The number of carbonyl (C=O) groups is 1. The molecule has 20 heavy (non-hydrogen) atoms. The van der Waals surface area contributed by atoms with Gasteiger partial charge in [0, 0.05) is 26.2 Å². The second kappa shape index (κ2) is 7.32. The van der Waals surface area contributed by atoms with Crippen LogP contribution in [0.1, 0.15) is 23.1 Å². The van der Waals surface area contributed by atoms with Gasteiger partial charge in [-0.15, -0.1) is 5.10 Å². The van der Waals surface area contributed by atoms with Gasteiger partial charge >= 0.3 is 5.97 Å². The molecule has 0 atom stereocenters. The third-order valence-electron chi connectivity index (χ3n) is 3.23. The molecule has 0 aromatic carbocycles. The van der Waals surface area contributed by atoms with Crippen molar-refractivity contribution in [2.45, 2.75) is 20.0 Å². The molecule has 112 valence electrons. The van der Waals surface area contributed by atoms with Gasteiger partial charge in [-0.3, -0.25) is 4.90 Å². The van der Waals surface area contributed by atoms with Crippen molar-refractivity contribution in [2.75, 3.05) is 39.5 Å². The third kappa shape index (κ3) is 3.53. The number of rotatable bonds is 6. The van der Waals surface area contributed by atoms with Crippen LogP contribution in [0.5, 0.6) is 0 Å². The summed E-state index contributed by atoms with van der Waals surface area (Å²) in [6.45, 7) is 7.11. The highest BCUT2D eigenvalue weighted by Crippen LogP contribution is 2.07. The van der Waals surface area contributed by atoms with Crippen LogP contribution in [0.2, 0.25) is 0 Å². The Bertz CT molecular complexity index is 442. The van der Waals surface area contributed by atoms with E-state index >= 15 is 0 Å². The minimum atomic E-state index is -0.467. The molecule has 0 unspecified atom stereocenters. The summed E-state index contributed by atoms with van der Waals surface area (Å²) in [5.74, 6) is -0.467. The van der Waals surface area contributed by atoms with Crippen molar-refractivity contribution in [2.24, 2.45) is 5.73 Å². The molecular formula is C12H21N5O3. The van der Waals surface area contributed by atoms with E-state index < -0.39 is 5.97 Å². The first-order valence-corrected chi connectivity index (χ1v) is 6.86. The predicted octanol–water partition coefficient (Wildman–Crippen LogP) is -0.754. The normalized spacial score (nSPS) is 16.3. The summed E-state index contributed by atoms with van der Waals surface area (Å²) >= 11 is 0. The Morgan fingerprint density at radius 3 is 2.80 bits per heavy atom. The second-order valence-electron chi connectivity index (χ2n) is 4.49. The van der Waals surface area contributed by atoms with Gasteiger partial charge in [-0.1, -0.05) is 5.21 Å². The predicted molar refractivity (Wildman–Crippen MR) is 71.1 cm³/mol. The van der Waals surface area contributed by atoms with Crippen LogP contribution in [0.25, 0.3) is 0 Å². The van der Waals surface area contributed by atoms with Crippen LogP contribution >= 0.6 is 0 Å². The summed E-state index contributed by atoms with van der Waals surface area (Å²) in [6.07, 6.45) is 0. The van der Waals surface area contributed by atoms with Crippen molar-refractivity contribution in [1.82, 2.24) is 19.9 Å². The maximum absolute atomic E-state index is 11.7. The van der Waals surface area contributed by atoms with E-state index in [9.17, 15) is 4.79 Å². The van der Waals surface area contributed by atoms with E-state index in [0.717, 1.165) is 32.8 Å². The molecule has 2 N–H and O–H groups in total. The summed E-state index contributed by atoms with van der Waals surface area (Å²) in [4.78, 5) is 14.0. The zero-order chi connectivity index (χ0) is 14.4. The van der Waals surface area contributed by atoms with Gasteiger partial charge in [0.1, 0.15) is 0 Å². The van der Waals surface area contributed by atoms with E-state index in [1.165, 1.54) is 0 Å². The fourth-order valence-electron chi connectivity index (χ4n) is 2.13. The summed E-state index contributed by atoms with van der Waals surface area (Å²) in [5.41, 5.74) is 6.54. The van der Waals surface area contributed by atoms with Crippen molar-refractivity contribution < 1.29 is 14.3 Å². The van der Waals surface area contributed by atoms with Gasteiger partial charge in [-0.25, -0.2) is 9.48 Å². The number of nitrogens with two attached hydrogens (primary N) is 1. The van der Waals surface area contributed by atoms with Crippen LogP contribution in [0.4, 0.5) is 0 Å². The molecule has 1 fully saturated rings. The van der Waals surface area contributed by atoms with Crippen molar-refractivity contribution in [1.29, 1.82) is 0 Å². The largest absolute Gasteiger partial charge is 0.461 e. The molecule has 1 saturated heterocycles. The molecule has 0 saturated carbocycles. The summed E-state index contributed by atoms with van der Waals surface area (Å²) in [7, 11) is 0. The first-order chi connectivity index (χ1) is 9.76. The molecule has 1 aromatic heterocycles. The Hall–Kier alpha value is -1.51. The van der Waals surface area contributed by atoms with Gasteiger partial charge in [0.25, 0.3) is 0 Å². The van der Waals surface area contributed by atoms with Crippen LogP contribution < -0.4 is 5.73 Å². The molecular weight excluding hydrogens is 262 g/mol. The van der Waals surface area contributed by atoms with Crippen molar-refractivity contribution >= 4 is 5.97 Å². The minimum Gasteiger partial charge on any atom is -0.461 e. The minimum absolute atomic E-state index is 0.213. The topological polar surface area (TPSA) is 95.5 Å². The molecule has 0 amide bonds. The summed E-state index contributed by atoms with van der Waals surface area (Å²) < 4.78 is 11.9. The van der Waals surface area contributed by atoms with Crippen LogP contribution in [0.3, 0.4) is 0 Å². The van der Waals surface area contributed by atoms with Crippen molar-refractivity contribution in [3.05, 3.63) is 11.4 Å². The highest BCUT2D eigenvalue weighted by Gasteiger charge is 2.20. The van der Waals surface area contributed by atoms with Crippen LogP contribution in [-0.4, -0.2) is 65.3 Å². The van der Waals surface area contributed by atoms with E-state index in [1.807, 2.05) is 0 Å². The van der Waals surface area contributed by atoms with Gasteiger partial charge in [0.2, 0.25) is 0 Å². The summed E-state index contributed by atoms with van der Waals surface area (Å²) in [5, 5.41) is 7.89. The smallest absolute Gasteiger partial charge is 0.360 e. The molecule has 2 rings (SSSR count). The second-order valence-corrected chi connectivity index (χ2v) is 4.49. The van der Waals surface area contributed by atoms with E-state index in [-0.39, 0.29) is 12.2 Å². The number of hydrogen-bond acceptors (Lipinski definition) is 7. The van der Waals surface area contributed by atoms with Gasteiger partial charge in [-0.05, 0) is 6.92 Å². The fourth-order valence-corrected chi connectivity index (χ4v) is 2.13. The first kappa shape index (κ1) is 14.9. The number of ether oxygens (including phenoxy) is 2. The molecule has 8 heteroatoms. The summed E-state index contributed by atoms with van der Waals surface area (Å²) in [6, 6.07) is 0. The zero-order valence-electron chi connectivity index (χ0n) is 11.7. The molecule has 8 nitrogen and oxygen atoms in total. The van der Waals surface area contributed by atoms with Gasteiger partial charge in [-0.2, -0.15) is 0 Å². The van der Waals surface area contributed by atoms with Gasteiger partial charge < -0.3 is 15.2 Å². The number of carbonyl (C=O) groups excluding carboxylic acids is 1. The van der Waals surface area contributed by atoms with E-state index in [2.05, 4.69) is 15.2 Å². The first-order valence-electron chi connectivity index (χ1n) is 6.86. The van der Waals surface area contributed by atoms with E-state index in [4.69, 9.17) is 15.2 Å². The number of esters is 1. The molecule has 2 heterocycles. The van der Waals surface area contributed by atoms with Crippen molar-refractivity contribution in [3.63, 3.8) is 0 Å². The number of nitrogens with zero attached hydrogens (tertiary/aromatic N) is 4. The molecule has 0 bridgehead atoms. The lowest BCUT2D eigenvalue weighted by molar-refractivity contribution is 0.0358. The SMILES string of the molecule is CCOC(=O)c1nnn(CCN2CCOCC2)c1CN. The Balaban J connectivity index is 1.98. The maximum atomic E-state index is 11.7. The highest BCUT2D eigenvalue weighted by molar-refractivity contribution is 5.88. The van der Waals surface area contributed by atoms with Crippen LogP contribution in [0.15, 0.2) is 0 Å². The Morgan fingerprint density at radius 1 is 1.40 bits per heavy atom. The standard InChI is InChI=1S/C12H21N5O3/c1-2-20-12(18)11-10(9-13)17(15-14-11)4-3-16-5-7-19-8-6-16/h2-9,13H2,1H3. The molecule has 0 radical (unpaired) electrons. The average Bonchev–Trinajstić information content (AvgIpc) is 2.89. The van der Waals surface area contributed by atoms with Gasteiger partial charge in [0.15, 0.2) is 5.69 Å². The monoisotopic (exact) mass is 283 g/mol. The molecule has 0 spiro atoms. The van der Waals surface area contributed by atoms with Crippen LogP contribution in [0, 0.1) is 0 Å². The molecule has 1 aliphatic heterocycles. The molecule has 1 aliphatic rings. The number of morpholine rings is 1. The highest BCUT2D eigenvalue weighted by atomic mass is 16.5. The lowest BCUT2D eigenvalue weighted by Gasteiger charge is -2.26. The average molecular weight is 283 g/mol. The number of aromatic nitrogens is 3. The molecule has 1 aromatic rings. The maximum Gasteiger partial charge on any atom is 0.360 e. The number of hydrogen-bond donors (Lipinski definition) is 1. The Kier molecular flexibility index (Phi) is 5.45. The van der Waals surface area contributed by atoms with Gasteiger partial charge in [0.05, 0.1) is 32.1 Å². The van der Waals surface area contributed by atoms with E-state index in [0.29, 0.717) is 18.8 Å². The fraction of sp³-hybridized carbons (Fsp3) is 0.750. The lowest BCUT2D eigenvalue weighted by Crippen LogP contribution is -2.38.